The Morgan fingerprint density at radius 2 is 1.67 bits per heavy atom. The van der Waals surface area contributed by atoms with Gasteiger partial charge >= 0.3 is 11.9 Å². The smallest absolute Gasteiger partial charge is 0.356 e. The van der Waals surface area contributed by atoms with Crippen LogP contribution >= 0.6 is 23.2 Å². The van der Waals surface area contributed by atoms with Crippen molar-refractivity contribution in [3.63, 3.8) is 0 Å². The van der Waals surface area contributed by atoms with E-state index in [4.69, 9.17) is 32.7 Å². The van der Waals surface area contributed by atoms with Crippen LogP contribution in [-0.4, -0.2) is 41.9 Å². The summed E-state index contributed by atoms with van der Waals surface area (Å²) in [4.78, 5) is 26.6. The third-order valence-corrected chi connectivity index (χ3v) is 2.14. The molecule has 1 aromatic heterocycles. The van der Waals surface area contributed by atoms with Gasteiger partial charge in [-0.1, -0.05) is 0 Å². The van der Waals surface area contributed by atoms with Gasteiger partial charge in [0.05, 0.1) is 17.3 Å². The Morgan fingerprint density at radius 1 is 1.06 bits per heavy atom. The number of alkyl halides is 2. The lowest BCUT2D eigenvalue weighted by Crippen LogP contribution is -2.11. The normalized spacial score (nSPS) is 9.89. The molecule has 0 saturated carbocycles. The van der Waals surface area contributed by atoms with Crippen molar-refractivity contribution in [1.29, 1.82) is 0 Å². The molecule has 1 heterocycles. The molecule has 0 aromatic carbocycles. The lowest BCUT2D eigenvalue weighted by molar-refractivity contribution is 0.0508. The fourth-order valence-corrected chi connectivity index (χ4v) is 1.21. The zero-order valence-electron chi connectivity index (χ0n) is 9.40. The zero-order chi connectivity index (χ0) is 13.4. The Balaban J connectivity index is 2.62. The largest absolute Gasteiger partial charge is 0.461 e. The second kappa shape index (κ2) is 7.89. The first-order valence-electron chi connectivity index (χ1n) is 5.11. The Hall–Kier alpha value is -1.33. The average molecular weight is 292 g/mol. The first-order chi connectivity index (χ1) is 8.69. The van der Waals surface area contributed by atoms with Crippen molar-refractivity contribution < 1.29 is 19.1 Å². The molecule has 0 aliphatic heterocycles. The number of rotatable bonds is 6. The highest BCUT2D eigenvalue weighted by molar-refractivity contribution is 6.18. The van der Waals surface area contributed by atoms with E-state index in [1.165, 1.54) is 18.3 Å². The van der Waals surface area contributed by atoms with Gasteiger partial charge in [0.1, 0.15) is 18.9 Å². The third kappa shape index (κ3) is 4.50. The minimum Gasteiger partial charge on any atom is -0.461 e. The van der Waals surface area contributed by atoms with Crippen LogP contribution in [0.2, 0.25) is 0 Å². The van der Waals surface area contributed by atoms with Gasteiger partial charge in [-0.25, -0.2) is 14.6 Å². The van der Waals surface area contributed by atoms with Gasteiger partial charge in [0.15, 0.2) is 0 Å². The summed E-state index contributed by atoms with van der Waals surface area (Å²) in [5.74, 6) is -0.684. The molecule has 0 spiro atoms. The lowest BCUT2D eigenvalue weighted by Gasteiger charge is -2.04. The van der Waals surface area contributed by atoms with E-state index in [1.54, 1.807) is 0 Å². The van der Waals surface area contributed by atoms with Crippen LogP contribution in [0.1, 0.15) is 20.8 Å². The van der Waals surface area contributed by atoms with Crippen LogP contribution in [0.25, 0.3) is 0 Å². The molecule has 98 valence electrons. The van der Waals surface area contributed by atoms with Gasteiger partial charge in [-0.05, 0) is 12.1 Å². The Kier molecular flexibility index (Phi) is 6.46. The number of pyridine rings is 1. The van der Waals surface area contributed by atoms with E-state index in [0.717, 1.165) is 0 Å². The average Bonchev–Trinajstić information content (AvgIpc) is 2.42. The zero-order valence-corrected chi connectivity index (χ0v) is 10.9. The summed E-state index contributed by atoms with van der Waals surface area (Å²) < 4.78 is 9.57. The molecule has 0 fully saturated rings. The summed E-state index contributed by atoms with van der Waals surface area (Å²) in [5.41, 5.74) is 0.350. The van der Waals surface area contributed by atoms with Crippen LogP contribution in [0.5, 0.6) is 0 Å². The topological polar surface area (TPSA) is 65.5 Å². The number of hydrogen-bond donors (Lipinski definition) is 0. The molecule has 5 nitrogen and oxygen atoms in total. The highest BCUT2D eigenvalue weighted by Gasteiger charge is 2.11. The predicted octanol–water partition coefficient (Wildman–Crippen LogP) is 1.87. The third-order valence-electron chi connectivity index (χ3n) is 1.83. The van der Waals surface area contributed by atoms with Crippen molar-refractivity contribution in [2.24, 2.45) is 0 Å². The van der Waals surface area contributed by atoms with Crippen LogP contribution in [-0.2, 0) is 9.47 Å². The molecule has 0 saturated heterocycles. The van der Waals surface area contributed by atoms with Crippen LogP contribution in [0, 0.1) is 0 Å². The molecular weight excluding hydrogens is 281 g/mol. The van der Waals surface area contributed by atoms with E-state index >= 15 is 0 Å². The monoisotopic (exact) mass is 291 g/mol. The molecule has 0 N–H and O–H groups in total. The van der Waals surface area contributed by atoms with Gasteiger partial charge in [0.2, 0.25) is 0 Å². The first-order valence-corrected chi connectivity index (χ1v) is 6.18. The second-order valence-corrected chi connectivity index (χ2v) is 3.84. The Morgan fingerprint density at radius 3 is 2.17 bits per heavy atom. The first kappa shape index (κ1) is 14.7. The molecule has 1 rings (SSSR count). The molecule has 0 aliphatic rings. The van der Waals surface area contributed by atoms with Crippen molar-refractivity contribution >= 4 is 35.1 Å². The Labute approximate surface area is 114 Å². The number of carbonyl (C=O) groups is 2. The van der Waals surface area contributed by atoms with E-state index < -0.39 is 11.9 Å². The molecule has 0 bridgehead atoms. The van der Waals surface area contributed by atoms with E-state index in [0.29, 0.717) is 0 Å². The van der Waals surface area contributed by atoms with Crippen LogP contribution in [0.15, 0.2) is 18.3 Å². The number of esters is 2. The molecule has 18 heavy (non-hydrogen) atoms. The quantitative estimate of drug-likeness (QED) is 0.591. The molecule has 7 heteroatoms. The van der Waals surface area contributed by atoms with Crippen molar-refractivity contribution in [2.75, 3.05) is 25.0 Å². The summed E-state index contributed by atoms with van der Waals surface area (Å²) in [7, 11) is 0. The van der Waals surface area contributed by atoms with Crippen molar-refractivity contribution in [1.82, 2.24) is 4.98 Å². The van der Waals surface area contributed by atoms with E-state index in [1.807, 2.05) is 0 Å². The molecule has 0 radical (unpaired) electrons. The van der Waals surface area contributed by atoms with Gasteiger partial charge in [-0.3, -0.25) is 0 Å². The van der Waals surface area contributed by atoms with Gasteiger partial charge in [-0.15, -0.1) is 23.2 Å². The van der Waals surface area contributed by atoms with Crippen LogP contribution in [0.3, 0.4) is 0 Å². The highest BCUT2D eigenvalue weighted by Crippen LogP contribution is 2.04. The summed E-state index contributed by atoms with van der Waals surface area (Å²) in [5, 5.41) is 0. The van der Waals surface area contributed by atoms with Crippen LogP contribution in [0.4, 0.5) is 0 Å². The maximum Gasteiger partial charge on any atom is 0.356 e. The second-order valence-electron chi connectivity index (χ2n) is 3.08. The van der Waals surface area contributed by atoms with Crippen LogP contribution < -0.4 is 0 Å². The Bertz CT molecular complexity index is 369. The number of carbonyl (C=O) groups excluding carboxylic acids is 2. The van der Waals surface area contributed by atoms with Crippen molar-refractivity contribution in [3.05, 3.63) is 29.6 Å². The number of ether oxygens (including phenoxy) is 2. The minimum absolute atomic E-state index is 0.106. The van der Waals surface area contributed by atoms with Gasteiger partial charge in [-0.2, -0.15) is 0 Å². The van der Waals surface area contributed by atoms with E-state index in [-0.39, 0.29) is 36.2 Å². The molecule has 0 atom stereocenters. The summed E-state index contributed by atoms with van der Waals surface area (Å²) in [6.45, 7) is 0.238. The molecule has 0 unspecified atom stereocenters. The summed E-state index contributed by atoms with van der Waals surface area (Å²) >= 11 is 10.8. The van der Waals surface area contributed by atoms with Gasteiger partial charge in [0, 0.05) is 6.20 Å². The highest BCUT2D eigenvalue weighted by atomic mass is 35.5. The molecule has 0 aliphatic carbocycles. The minimum atomic E-state index is -0.587. The van der Waals surface area contributed by atoms with E-state index in [9.17, 15) is 9.59 Å². The predicted molar refractivity (Wildman–Crippen MR) is 66.2 cm³/mol. The molecule has 0 amide bonds. The molecular formula is C11H11Cl2NO4. The number of nitrogens with zero attached hydrogens (tertiary/aromatic N) is 1. The van der Waals surface area contributed by atoms with Gasteiger partial charge < -0.3 is 9.47 Å². The summed E-state index contributed by atoms with van der Waals surface area (Å²) in [6, 6.07) is 2.81. The standard InChI is InChI=1S/C11H11Cl2NO4/c12-3-5-17-10(15)8-1-2-9(14-7-8)11(16)18-6-4-13/h1-2,7H,3-6H2. The maximum absolute atomic E-state index is 11.4. The fourth-order valence-electron chi connectivity index (χ4n) is 1.06. The van der Waals surface area contributed by atoms with Gasteiger partial charge in [0.25, 0.3) is 0 Å². The summed E-state index contributed by atoms with van der Waals surface area (Å²) in [6.07, 6.45) is 1.24. The lowest BCUT2D eigenvalue weighted by atomic mass is 10.2. The molecule has 1 aromatic rings. The SMILES string of the molecule is O=C(OCCCl)c1ccc(C(=O)OCCCl)nc1. The van der Waals surface area contributed by atoms with Crippen molar-refractivity contribution in [3.8, 4) is 0 Å². The van der Waals surface area contributed by atoms with E-state index in [2.05, 4.69) is 4.98 Å². The number of hydrogen-bond acceptors (Lipinski definition) is 5. The van der Waals surface area contributed by atoms with Crippen molar-refractivity contribution in [2.45, 2.75) is 0 Å². The maximum atomic E-state index is 11.4. The fraction of sp³-hybridized carbons (Fsp3) is 0.364. The number of aromatic nitrogens is 1. The number of halogens is 2.